The van der Waals surface area contributed by atoms with Crippen LogP contribution in [0.4, 0.5) is 0 Å². The molecule has 0 fully saturated rings. The number of allylic oxidation sites excluding steroid dienone is 6. The first kappa shape index (κ1) is 57.6. The number of hydrogen-bond acceptors (Lipinski definition) is 4. The molecule has 0 aliphatic carbocycles. The molecule has 0 radical (unpaired) electrons. The normalized spacial score (nSPS) is 12.5. The summed E-state index contributed by atoms with van der Waals surface area (Å²) >= 11 is 0. The highest BCUT2D eigenvalue weighted by Gasteiger charge is 2.13. The standard InChI is InChI=1S/C55H104O4/c1-4-7-10-13-16-19-22-25-27-29-32-35-38-41-44-47-50-57-52-54(53-59-55(56)49-46-43-40-37-34-31-24-21-18-15-12-9-6-3)58-51-48-45-42-39-36-33-30-28-26-23-20-17-14-11-8-5-2/h16,19,25-28,54H,4-15,17-18,20-24,29-53H2,1-3H3/b19-16-,27-25-,28-26-. The van der Waals surface area contributed by atoms with Gasteiger partial charge >= 0.3 is 5.97 Å². The van der Waals surface area contributed by atoms with Crippen LogP contribution in [-0.2, 0) is 19.0 Å². The van der Waals surface area contributed by atoms with E-state index in [-0.39, 0.29) is 12.1 Å². The maximum absolute atomic E-state index is 12.6. The SMILES string of the molecule is CCCCC/C=C\C/C=C\CCCCCCCCOCC(COC(=O)CCCCCCCCCCCCCCC)OCCCCCCCC/C=C\CCCCCCCC. The van der Waals surface area contributed by atoms with Crippen molar-refractivity contribution in [1.82, 2.24) is 0 Å². The molecule has 0 N–H and O–H groups in total. The number of rotatable bonds is 50. The summed E-state index contributed by atoms with van der Waals surface area (Å²) in [6.45, 7) is 9.14. The van der Waals surface area contributed by atoms with Gasteiger partial charge in [-0.15, -0.1) is 0 Å². The maximum Gasteiger partial charge on any atom is 0.305 e. The van der Waals surface area contributed by atoms with E-state index in [1.807, 2.05) is 0 Å². The number of carbonyl (C=O) groups excluding carboxylic acids is 1. The third-order valence-electron chi connectivity index (χ3n) is 11.7. The van der Waals surface area contributed by atoms with Crippen LogP contribution in [0.25, 0.3) is 0 Å². The Kier molecular flexibility index (Phi) is 51.5. The van der Waals surface area contributed by atoms with Gasteiger partial charge in [0.15, 0.2) is 0 Å². The lowest BCUT2D eigenvalue weighted by Crippen LogP contribution is -2.28. The van der Waals surface area contributed by atoms with Crippen LogP contribution in [0.3, 0.4) is 0 Å². The van der Waals surface area contributed by atoms with Gasteiger partial charge in [-0.3, -0.25) is 4.79 Å². The van der Waals surface area contributed by atoms with Crippen LogP contribution < -0.4 is 0 Å². The topological polar surface area (TPSA) is 44.8 Å². The molecule has 1 atom stereocenters. The van der Waals surface area contributed by atoms with Crippen molar-refractivity contribution in [2.24, 2.45) is 0 Å². The smallest absolute Gasteiger partial charge is 0.305 e. The first-order valence-electron chi connectivity index (χ1n) is 26.5. The van der Waals surface area contributed by atoms with E-state index in [4.69, 9.17) is 14.2 Å². The van der Waals surface area contributed by atoms with Gasteiger partial charge in [0.25, 0.3) is 0 Å². The zero-order chi connectivity index (χ0) is 42.6. The summed E-state index contributed by atoms with van der Waals surface area (Å²) in [4.78, 5) is 12.6. The number of hydrogen-bond donors (Lipinski definition) is 0. The van der Waals surface area contributed by atoms with Crippen LogP contribution in [0, 0.1) is 0 Å². The second kappa shape index (κ2) is 52.7. The zero-order valence-electron chi connectivity index (χ0n) is 40.3. The van der Waals surface area contributed by atoms with Crippen LogP contribution in [-0.4, -0.2) is 38.5 Å². The molecule has 4 heteroatoms. The van der Waals surface area contributed by atoms with Gasteiger partial charge in [0.2, 0.25) is 0 Å². The minimum Gasteiger partial charge on any atom is -0.463 e. The van der Waals surface area contributed by atoms with Gasteiger partial charge in [0, 0.05) is 19.6 Å². The molecule has 0 saturated heterocycles. The number of unbranched alkanes of at least 4 members (excludes halogenated alkanes) is 33. The Balaban J connectivity index is 4.15. The molecule has 348 valence electrons. The largest absolute Gasteiger partial charge is 0.463 e. The molecule has 0 aliphatic heterocycles. The Morgan fingerprint density at radius 1 is 0.373 bits per heavy atom. The number of ether oxygens (including phenoxy) is 3. The van der Waals surface area contributed by atoms with E-state index in [1.165, 1.54) is 218 Å². The van der Waals surface area contributed by atoms with Gasteiger partial charge in [-0.25, -0.2) is 0 Å². The molecule has 0 spiro atoms. The molecule has 0 saturated carbocycles. The Morgan fingerprint density at radius 2 is 0.712 bits per heavy atom. The van der Waals surface area contributed by atoms with E-state index >= 15 is 0 Å². The Labute approximate surface area is 370 Å². The van der Waals surface area contributed by atoms with Gasteiger partial charge in [0.1, 0.15) is 12.7 Å². The summed E-state index contributed by atoms with van der Waals surface area (Å²) in [5.41, 5.74) is 0. The summed E-state index contributed by atoms with van der Waals surface area (Å²) in [6.07, 6.45) is 64.8. The van der Waals surface area contributed by atoms with Gasteiger partial charge < -0.3 is 14.2 Å². The van der Waals surface area contributed by atoms with Gasteiger partial charge in [0.05, 0.1) is 6.61 Å². The van der Waals surface area contributed by atoms with Crippen molar-refractivity contribution < 1.29 is 19.0 Å². The molecule has 0 aromatic heterocycles. The van der Waals surface area contributed by atoms with E-state index in [9.17, 15) is 4.79 Å². The zero-order valence-corrected chi connectivity index (χ0v) is 40.3. The van der Waals surface area contributed by atoms with Gasteiger partial charge in [-0.05, 0) is 77.0 Å². The highest BCUT2D eigenvalue weighted by Crippen LogP contribution is 2.15. The first-order valence-corrected chi connectivity index (χ1v) is 26.5. The summed E-state index contributed by atoms with van der Waals surface area (Å²) in [5, 5.41) is 0. The lowest BCUT2D eigenvalue weighted by atomic mass is 10.0. The van der Waals surface area contributed by atoms with Crippen LogP contribution in [0.2, 0.25) is 0 Å². The highest BCUT2D eigenvalue weighted by molar-refractivity contribution is 5.69. The predicted octanol–water partition coefficient (Wildman–Crippen LogP) is 18.3. The Hall–Kier alpha value is -1.39. The lowest BCUT2D eigenvalue weighted by Gasteiger charge is -2.18. The predicted molar refractivity (Wildman–Crippen MR) is 261 cm³/mol. The monoisotopic (exact) mass is 829 g/mol. The molecule has 0 aromatic rings. The summed E-state index contributed by atoms with van der Waals surface area (Å²) < 4.78 is 18.0. The number of carbonyl (C=O) groups is 1. The van der Waals surface area contributed by atoms with Gasteiger partial charge in [-0.1, -0.05) is 231 Å². The molecular weight excluding hydrogens is 725 g/mol. The minimum atomic E-state index is -0.168. The first-order chi connectivity index (χ1) is 29.2. The maximum atomic E-state index is 12.6. The van der Waals surface area contributed by atoms with E-state index in [0.29, 0.717) is 19.6 Å². The van der Waals surface area contributed by atoms with Crippen LogP contribution >= 0.6 is 0 Å². The van der Waals surface area contributed by atoms with Crippen molar-refractivity contribution in [2.75, 3.05) is 26.4 Å². The van der Waals surface area contributed by atoms with Crippen molar-refractivity contribution in [1.29, 1.82) is 0 Å². The average Bonchev–Trinajstić information content (AvgIpc) is 3.24. The fraction of sp³-hybridized carbons (Fsp3) is 0.873. The molecule has 59 heavy (non-hydrogen) atoms. The Bertz CT molecular complexity index is 878. The third kappa shape index (κ3) is 50.9. The van der Waals surface area contributed by atoms with Crippen LogP contribution in [0.15, 0.2) is 36.5 Å². The fourth-order valence-corrected chi connectivity index (χ4v) is 7.70. The summed E-state index contributed by atoms with van der Waals surface area (Å²) in [5.74, 6) is -0.0796. The molecule has 0 amide bonds. The molecule has 0 aliphatic rings. The van der Waals surface area contributed by atoms with Crippen molar-refractivity contribution in [2.45, 2.75) is 284 Å². The van der Waals surface area contributed by atoms with Crippen molar-refractivity contribution in [3.63, 3.8) is 0 Å². The van der Waals surface area contributed by atoms with E-state index in [2.05, 4.69) is 57.2 Å². The van der Waals surface area contributed by atoms with Crippen molar-refractivity contribution in [3.8, 4) is 0 Å². The Morgan fingerprint density at radius 3 is 1.17 bits per heavy atom. The average molecular weight is 829 g/mol. The molecule has 0 heterocycles. The second-order valence-corrected chi connectivity index (χ2v) is 17.8. The van der Waals surface area contributed by atoms with E-state index in [1.54, 1.807) is 0 Å². The minimum absolute atomic E-state index is 0.0796. The molecule has 4 nitrogen and oxygen atoms in total. The highest BCUT2D eigenvalue weighted by atomic mass is 16.6. The molecule has 0 rings (SSSR count). The molecular formula is C55H104O4. The van der Waals surface area contributed by atoms with Crippen molar-refractivity contribution >= 4 is 5.97 Å². The quantitative estimate of drug-likeness (QED) is 0.0348. The van der Waals surface area contributed by atoms with Crippen LogP contribution in [0.1, 0.15) is 278 Å². The third-order valence-corrected chi connectivity index (χ3v) is 11.7. The molecule has 1 unspecified atom stereocenters. The molecule has 0 aromatic carbocycles. The van der Waals surface area contributed by atoms with Crippen LogP contribution in [0.5, 0.6) is 0 Å². The van der Waals surface area contributed by atoms with E-state index in [0.717, 1.165) is 45.3 Å². The van der Waals surface area contributed by atoms with Crippen molar-refractivity contribution in [3.05, 3.63) is 36.5 Å². The number of esters is 1. The lowest BCUT2D eigenvalue weighted by molar-refractivity contribution is -0.150. The second-order valence-electron chi connectivity index (χ2n) is 17.8. The summed E-state index contributed by atoms with van der Waals surface area (Å²) in [7, 11) is 0. The van der Waals surface area contributed by atoms with E-state index < -0.39 is 0 Å². The fourth-order valence-electron chi connectivity index (χ4n) is 7.70. The van der Waals surface area contributed by atoms with Gasteiger partial charge in [-0.2, -0.15) is 0 Å². The molecule has 0 bridgehead atoms. The summed E-state index contributed by atoms with van der Waals surface area (Å²) in [6, 6.07) is 0.